The molecule has 2 aromatic rings. The number of fused-ring (bicyclic) bond motifs is 1. The number of nitrogens with two attached hydrogens (primary N) is 2. The zero-order chi connectivity index (χ0) is 22.3. The number of aliphatic carboxylic acids is 1. The molecule has 1 aromatic carbocycles. The zero-order valence-corrected chi connectivity index (χ0v) is 17.0. The first kappa shape index (κ1) is 23.2. The first-order valence-corrected chi connectivity index (χ1v) is 9.89. The maximum Gasteiger partial charge on any atom is 0.326 e. The van der Waals surface area contributed by atoms with Crippen LogP contribution in [-0.4, -0.2) is 57.7 Å². The number of hydrogen-bond acceptors (Lipinski definition) is 6. The first-order valence-electron chi connectivity index (χ1n) is 9.26. The summed E-state index contributed by atoms with van der Waals surface area (Å²) in [7, 11) is 0. The average molecular weight is 436 g/mol. The van der Waals surface area contributed by atoms with Crippen LogP contribution in [0.15, 0.2) is 30.5 Å². The summed E-state index contributed by atoms with van der Waals surface area (Å²) in [5.74, 6) is -3.38. The molecule has 162 valence electrons. The number of para-hydroxylation sites is 1. The minimum Gasteiger partial charge on any atom is -0.480 e. The number of rotatable bonds is 11. The van der Waals surface area contributed by atoms with Gasteiger partial charge in [-0.3, -0.25) is 14.4 Å². The van der Waals surface area contributed by atoms with Gasteiger partial charge in [0.1, 0.15) is 12.1 Å². The normalized spacial score (nSPS) is 13.9. The van der Waals surface area contributed by atoms with Crippen LogP contribution in [-0.2, 0) is 25.6 Å². The highest BCUT2D eigenvalue weighted by molar-refractivity contribution is 7.80. The number of benzene rings is 1. The van der Waals surface area contributed by atoms with E-state index < -0.39 is 41.8 Å². The van der Waals surface area contributed by atoms with Gasteiger partial charge in [-0.15, -0.1) is 0 Å². The molecule has 0 spiro atoms. The molecule has 30 heavy (non-hydrogen) atoms. The topological polar surface area (TPSA) is 180 Å². The monoisotopic (exact) mass is 435 g/mol. The van der Waals surface area contributed by atoms with Crippen molar-refractivity contribution in [3.05, 3.63) is 36.0 Å². The fraction of sp³-hybridized carbons (Fsp3) is 0.368. The Labute approximate surface area is 178 Å². The molecule has 11 heteroatoms. The molecule has 0 unspecified atom stereocenters. The first-order chi connectivity index (χ1) is 14.2. The number of nitrogens with one attached hydrogen (secondary N) is 3. The van der Waals surface area contributed by atoms with Gasteiger partial charge in [-0.05, 0) is 24.5 Å². The van der Waals surface area contributed by atoms with E-state index >= 15 is 0 Å². The maximum atomic E-state index is 12.5. The quantitative estimate of drug-likeness (QED) is 0.229. The number of carbonyl (C=O) groups excluding carboxylic acids is 3. The third kappa shape index (κ3) is 6.22. The number of aromatic nitrogens is 1. The van der Waals surface area contributed by atoms with E-state index in [1.165, 1.54) is 0 Å². The van der Waals surface area contributed by atoms with Crippen LogP contribution in [0.25, 0.3) is 10.9 Å². The summed E-state index contributed by atoms with van der Waals surface area (Å²) in [6, 6.07) is 4.25. The van der Waals surface area contributed by atoms with Gasteiger partial charge in [-0.25, -0.2) is 4.79 Å². The van der Waals surface area contributed by atoms with Gasteiger partial charge < -0.3 is 32.2 Å². The van der Waals surface area contributed by atoms with Crippen LogP contribution >= 0.6 is 12.6 Å². The van der Waals surface area contributed by atoms with Crippen LogP contribution in [0, 0.1) is 0 Å². The van der Waals surface area contributed by atoms with E-state index in [2.05, 4.69) is 28.2 Å². The number of amides is 3. The summed E-state index contributed by atoms with van der Waals surface area (Å²) in [5.41, 5.74) is 12.8. The lowest BCUT2D eigenvalue weighted by Crippen LogP contribution is -2.55. The van der Waals surface area contributed by atoms with E-state index in [-0.39, 0.29) is 25.0 Å². The Bertz CT molecular complexity index is 931. The lowest BCUT2D eigenvalue weighted by Gasteiger charge is -2.21. The van der Waals surface area contributed by atoms with E-state index in [0.29, 0.717) is 0 Å². The molecule has 3 amide bonds. The standard InChI is InChI=1S/C19H25N5O5S/c20-12(7-10-8-22-13-4-2-1-3-11(10)13)17(26)24-15(9-30)18(27)23-14(19(28)29)5-6-16(21)25/h1-4,8,12,14-15,22,30H,5-7,9,20H2,(H2,21,25)(H,23,27)(H,24,26)(H,28,29)/t12-,14-,15-/m0/s1. The molecule has 0 aliphatic rings. The van der Waals surface area contributed by atoms with Crippen LogP contribution < -0.4 is 22.1 Å². The highest BCUT2D eigenvalue weighted by Gasteiger charge is 2.27. The Morgan fingerprint density at radius 3 is 2.40 bits per heavy atom. The number of carboxylic acids is 1. The van der Waals surface area contributed by atoms with Crippen molar-refractivity contribution in [2.45, 2.75) is 37.4 Å². The van der Waals surface area contributed by atoms with Crippen molar-refractivity contribution in [2.24, 2.45) is 11.5 Å². The number of carboxylic acid groups (broad SMARTS) is 1. The van der Waals surface area contributed by atoms with Crippen molar-refractivity contribution in [1.29, 1.82) is 0 Å². The van der Waals surface area contributed by atoms with Crippen molar-refractivity contribution in [2.75, 3.05) is 5.75 Å². The molecule has 3 atom stereocenters. The largest absolute Gasteiger partial charge is 0.480 e. The van der Waals surface area contributed by atoms with E-state index in [1.54, 1.807) is 6.20 Å². The van der Waals surface area contributed by atoms with E-state index in [4.69, 9.17) is 11.5 Å². The lowest BCUT2D eigenvalue weighted by molar-refractivity contribution is -0.142. The summed E-state index contributed by atoms with van der Waals surface area (Å²) < 4.78 is 0. The fourth-order valence-corrected chi connectivity index (χ4v) is 3.18. The molecule has 0 aliphatic carbocycles. The van der Waals surface area contributed by atoms with Crippen molar-refractivity contribution in [3.63, 3.8) is 0 Å². The molecule has 8 N–H and O–H groups in total. The molecule has 0 bridgehead atoms. The van der Waals surface area contributed by atoms with Crippen molar-refractivity contribution < 1.29 is 24.3 Å². The molecule has 10 nitrogen and oxygen atoms in total. The smallest absolute Gasteiger partial charge is 0.326 e. The number of hydrogen-bond donors (Lipinski definition) is 7. The van der Waals surface area contributed by atoms with Crippen molar-refractivity contribution >= 4 is 47.2 Å². The minimum absolute atomic E-state index is 0.0699. The SMILES string of the molecule is NC(=O)CC[C@H](NC(=O)[C@H](CS)NC(=O)[C@@H](N)Cc1c[nH]c2ccccc12)C(=O)O. The van der Waals surface area contributed by atoms with Gasteiger partial charge in [-0.2, -0.15) is 12.6 Å². The van der Waals surface area contributed by atoms with Crippen LogP contribution in [0.5, 0.6) is 0 Å². The summed E-state index contributed by atoms with van der Waals surface area (Å²) in [6.45, 7) is 0. The van der Waals surface area contributed by atoms with Crippen LogP contribution in [0.3, 0.4) is 0 Å². The average Bonchev–Trinajstić information content (AvgIpc) is 3.11. The Balaban J connectivity index is 1.97. The van der Waals surface area contributed by atoms with E-state index in [1.807, 2.05) is 24.3 Å². The van der Waals surface area contributed by atoms with Gasteiger partial charge in [0.15, 0.2) is 0 Å². The van der Waals surface area contributed by atoms with Gasteiger partial charge >= 0.3 is 5.97 Å². The van der Waals surface area contributed by atoms with Gasteiger partial charge in [0.05, 0.1) is 6.04 Å². The second-order valence-electron chi connectivity index (χ2n) is 6.82. The molecule has 0 aliphatic heterocycles. The minimum atomic E-state index is -1.32. The number of carbonyl (C=O) groups is 4. The summed E-state index contributed by atoms with van der Waals surface area (Å²) >= 11 is 4.05. The lowest BCUT2D eigenvalue weighted by atomic mass is 10.0. The molecular formula is C19H25N5O5S. The van der Waals surface area contributed by atoms with Gasteiger partial charge in [-0.1, -0.05) is 18.2 Å². The zero-order valence-electron chi connectivity index (χ0n) is 16.1. The molecule has 0 saturated carbocycles. The van der Waals surface area contributed by atoms with E-state index in [0.717, 1.165) is 16.5 Å². The number of primary amides is 1. The van der Waals surface area contributed by atoms with E-state index in [9.17, 15) is 24.3 Å². The molecule has 0 fully saturated rings. The van der Waals surface area contributed by atoms with Gasteiger partial charge in [0, 0.05) is 29.3 Å². The van der Waals surface area contributed by atoms with Crippen molar-refractivity contribution in [3.8, 4) is 0 Å². The number of thiol groups is 1. The van der Waals surface area contributed by atoms with Crippen LogP contribution in [0.2, 0.25) is 0 Å². The second kappa shape index (κ2) is 10.6. The number of aromatic amines is 1. The Kier molecular flexibility index (Phi) is 8.25. The summed E-state index contributed by atoms with van der Waals surface area (Å²) in [4.78, 5) is 50.1. The highest BCUT2D eigenvalue weighted by atomic mass is 32.1. The molecule has 1 heterocycles. The molecular weight excluding hydrogens is 410 g/mol. The maximum absolute atomic E-state index is 12.5. The van der Waals surface area contributed by atoms with Gasteiger partial charge in [0.25, 0.3) is 0 Å². The second-order valence-corrected chi connectivity index (χ2v) is 7.18. The van der Waals surface area contributed by atoms with Gasteiger partial charge in [0.2, 0.25) is 17.7 Å². The third-order valence-electron chi connectivity index (χ3n) is 4.56. The third-order valence-corrected chi connectivity index (χ3v) is 4.93. The van der Waals surface area contributed by atoms with Crippen LogP contribution in [0.4, 0.5) is 0 Å². The molecule has 2 rings (SSSR count). The number of H-pyrrole nitrogens is 1. The molecule has 0 radical (unpaired) electrons. The predicted molar refractivity (Wildman–Crippen MR) is 114 cm³/mol. The van der Waals surface area contributed by atoms with Crippen molar-refractivity contribution in [1.82, 2.24) is 15.6 Å². The summed E-state index contributed by atoms with van der Waals surface area (Å²) in [5, 5.41) is 14.9. The fourth-order valence-electron chi connectivity index (χ4n) is 2.92. The molecule has 1 aromatic heterocycles. The predicted octanol–water partition coefficient (Wildman–Crippen LogP) is -0.713. The summed E-state index contributed by atoms with van der Waals surface area (Å²) in [6.07, 6.45) is 1.65. The van der Waals surface area contributed by atoms with Crippen LogP contribution in [0.1, 0.15) is 18.4 Å². The Morgan fingerprint density at radius 2 is 1.77 bits per heavy atom. The Hall–Kier alpha value is -3.05. The molecule has 0 saturated heterocycles. The highest BCUT2D eigenvalue weighted by Crippen LogP contribution is 2.18. The Morgan fingerprint density at radius 1 is 1.10 bits per heavy atom.